The summed E-state index contributed by atoms with van der Waals surface area (Å²) in [6, 6.07) is 16.1. The van der Waals surface area contributed by atoms with Gasteiger partial charge in [-0.05, 0) is 48.2 Å². The molecule has 1 saturated carbocycles. The molecule has 0 amide bonds. The highest BCUT2D eigenvalue weighted by Crippen LogP contribution is 2.28. The smallest absolute Gasteiger partial charge is 0.119 e. The van der Waals surface area contributed by atoms with E-state index in [1.165, 1.54) is 24.0 Å². The largest absolute Gasteiger partial charge is 0.490 e. The Morgan fingerprint density at radius 3 is 1.88 bits per heavy atom. The molecule has 86 valence electrons. The maximum atomic E-state index is 5.72. The van der Waals surface area contributed by atoms with E-state index in [0.29, 0.717) is 6.10 Å². The van der Waals surface area contributed by atoms with Crippen molar-refractivity contribution in [3.8, 4) is 16.9 Å². The van der Waals surface area contributed by atoms with Crippen LogP contribution in [0.4, 0.5) is 5.69 Å². The van der Waals surface area contributed by atoms with Crippen LogP contribution in [0.2, 0.25) is 0 Å². The molecule has 0 aromatic heterocycles. The first kappa shape index (κ1) is 10.2. The second-order valence-electron chi connectivity index (χ2n) is 4.46. The van der Waals surface area contributed by atoms with Gasteiger partial charge >= 0.3 is 0 Å². The van der Waals surface area contributed by atoms with Crippen LogP contribution in [0.5, 0.6) is 5.75 Å². The Labute approximate surface area is 101 Å². The second kappa shape index (κ2) is 4.13. The molecule has 0 bridgehead atoms. The van der Waals surface area contributed by atoms with Crippen LogP contribution in [0, 0.1) is 0 Å². The SMILES string of the molecule is Nc1ccc(-c2ccc(OC3CC3)cc2)cc1. The lowest BCUT2D eigenvalue weighted by atomic mass is 10.1. The van der Waals surface area contributed by atoms with Gasteiger partial charge in [0.25, 0.3) is 0 Å². The molecule has 2 heteroatoms. The topological polar surface area (TPSA) is 35.2 Å². The number of rotatable bonds is 3. The number of hydrogen-bond donors (Lipinski definition) is 1. The van der Waals surface area contributed by atoms with Gasteiger partial charge in [0.1, 0.15) is 5.75 Å². The van der Waals surface area contributed by atoms with E-state index in [1.54, 1.807) is 0 Å². The van der Waals surface area contributed by atoms with E-state index in [-0.39, 0.29) is 0 Å². The molecule has 1 aliphatic carbocycles. The molecule has 0 spiro atoms. The van der Waals surface area contributed by atoms with Crippen molar-refractivity contribution in [2.45, 2.75) is 18.9 Å². The van der Waals surface area contributed by atoms with Crippen molar-refractivity contribution in [3.63, 3.8) is 0 Å². The summed E-state index contributed by atoms with van der Waals surface area (Å²) in [7, 11) is 0. The van der Waals surface area contributed by atoms with Crippen molar-refractivity contribution in [3.05, 3.63) is 48.5 Å². The monoisotopic (exact) mass is 225 g/mol. The molecule has 17 heavy (non-hydrogen) atoms. The Morgan fingerprint density at radius 1 is 0.824 bits per heavy atom. The van der Waals surface area contributed by atoms with Gasteiger partial charge in [-0.3, -0.25) is 0 Å². The zero-order valence-electron chi connectivity index (χ0n) is 9.60. The van der Waals surface area contributed by atoms with Crippen molar-refractivity contribution in [2.75, 3.05) is 5.73 Å². The molecule has 1 fully saturated rings. The average Bonchev–Trinajstić information content (AvgIpc) is 3.15. The van der Waals surface area contributed by atoms with Crippen LogP contribution < -0.4 is 10.5 Å². The number of nitrogens with two attached hydrogens (primary N) is 1. The lowest BCUT2D eigenvalue weighted by Gasteiger charge is -2.06. The Kier molecular flexibility index (Phi) is 2.48. The fraction of sp³-hybridized carbons (Fsp3) is 0.200. The molecule has 0 saturated heterocycles. The molecule has 2 N–H and O–H groups in total. The number of ether oxygens (including phenoxy) is 1. The van der Waals surface area contributed by atoms with Crippen molar-refractivity contribution >= 4 is 5.69 Å². The van der Waals surface area contributed by atoms with E-state index in [4.69, 9.17) is 10.5 Å². The van der Waals surface area contributed by atoms with Gasteiger partial charge in [-0.15, -0.1) is 0 Å². The Hall–Kier alpha value is -1.96. The maximum absolute atomic E-state index is 5.72. The molecule has 0 unspecified atom stereocenters. The van der Waals surface area contributed by atoms with Crippen LogP contribution >= 0.6 is 0 Å². The molecule has 3 rings (SSSR count). The fourth-order valence-corrected chi connectivity index (χ4v) is 1.78. The van der Waals surface area contributed by atoms with E-state index in [1.807, 2.05) is 36.4 Å². The van der Waals surface area contributed by atoms with Crippen LogP contribution in [0.25, 0.3) is 11.1 Å². The predicted octanol–water partition coefficient (Wildman–Crippen LogP) is 3.48. The first-order valence-electron chi connectivity index (χ1n) is 5.94. The van der Waals surface area contributed by atoms with Gasteiger partial charge in [0.15, 0.2) is 0 Å². The summed E-state index contributed by atoms with van der Waals surface area (Å²) >= 11 is 0. The minimum atomic E-state index is 0.456. The minimum Gasteiger partial charge on any atom is -0.490 e. The molecule has 1 aliphatic rings. The second-order valence-corrected chi connectivity index (χ2v) is 4.46. The van der Waals surface area contributed by atoms with Crippen molar-refractivity contribution < 1.29 is 4.74 Å². The van der Waals surface area contributed by atoms with Gasteiger partial charge in [0.2, 0.25) is 0 Å². The van der Waals surface area contributed by atoms with E-state index in [0.717, 1.165) is 11.4 Å². The first-order chi connectivity index (χ1) is 8.31. The Morgan fingerprint density at radius 2 is 1.35 bits per heavy atom. The first-order valence-corrected chi connectivity index (χ1v) is 5.94. The normalized spacial score (nSPS) is 14.6. The molecule has 0 heterocycles. The summed E-state index contributed by atoms with van der Waals surface area (Å²) in [5.41, 5.74) is 8.83. The van der Waals surface area contributed by atoms with Crippen molar-refractivity contribution in [2.24, 2.45) is 0 Å². The molecular formula is C15H15NO. The number of hydrogen-bond acceptors (Lipinski definition) is 2. The highest BCUT2D eigenvalue weighted by molar-refractivity contribution is 5.66. The van der Waals surface area contributed by atoms with Gasteiger partial charge < -0.3 is 10.5 Å². The third kappa shape index (κ3) is 2.41. The fourth-order valence-electron chi connectivity index (χ4n) is 1.78. The van der Waals surface area contributed by atoms with Crippen molar-refractivity contribution in [1.82, 2.24) is 0 Å². The molecule has 2 nitrogen and oxygen atoms in total. The molecular weight excluding hydrogens is 210 g/mol. The zero-order valence-corrected chi connectivity index (χ0v) is 9.60. The Bertz CT molecular complexity index is 497. The molecule has 2 aromatic carbocycles. The summed E-state index contributed by atoms with van der Waals surface area (Å²) in [5.74, 6) is 0.965. The minimum absolute atomic E-state index is 0.456. The number of benzene rings is 2. The predicted molar refractivity (Wildman–Crippen MR) is 69.9 cm³/mol. The van der Waals surface area contributed by atoms with Crippen LogP contribution in [-0.4, -0.2) is 6.10 Å². The number of nitrogen functional groups attached to an aromatic ring is 1. The molecule has 2 aromatic rings. The van der Waals surface area contributed by atoms with Crippen LogP contribution in [0.3, 0.4) is 0 Å². The van der Waals surface area contributed by atoms with Crippen LogP contribution in [-0.2, 0) is 0 Å². The lowest BCUT2D eigenvalue weighted by Crippen LogP contribution is -1.95. The molecule has 0 atom stereocenters. The summed E-state index contributed by atoms with van der Waals surface area (Å²) in [6.45, 7) is 0. The van der Waals surface area contributed by atoms with E-state index in [2.05, 4.69) is 12.1 Å². The number of anilines is 1. The lowest BCUT2D eigenvalue weighted by molar-refractivity contribution is 0.303. The van der Waals surface area contributed by atoms with E-state index >= 15 is 0 Å². The van der Waals surface area contributed by atoms with Crippen LogP contribution in [0.1, 0.15) is 12.8 Å². The van der Waals surface area contributed by atoms with Crippen molar-refractivity contribution in [1.29, 1.82) is 0 Å². The van der Waals surface area contributed by atoms with Gasteiger partial charge in [-0.1, -0.05) is 24.3 Å². The summed E-state index contributed by atoms with van der Waals surface area (Å²) < 4.78 is 5.72. The van der Waals surface area contributed by atoms with Gasteiger partial charge in [0, 0.05) is 5.69 Å². The third-order valence-electron chi connectivity index (χ3n) is 2.93. The van der Waals surface area contributed by atoms with Gasteiger partial charge in [0.05, 0.1) is 6.10 Å². The Balaban J connectivity index is 1.80. The molecule has 0 radical (unpaired) electrons. The average molecular weight is 225 g/mol. The van der Waals surface area contributed by atoms with Crippen LogP contribution in [0.15, 0.2) is 48.5 Å². The third-order valence-corrected chi connectivity index (χ3v) is 2.93. The standard InChI is InChI=1S/C15H15NO/c16-13-5-1-11(2-6-13)12-3-7-14(8-4-12)17-15-9-10-15/h1-8,15H,9-10,16H2. The summed E-state index contributed by atoms with van der Waals surface area (Å²) in [4.78, 5) is 0. The zero-order chi connectivity index (χ0) is 11.7. The molecule has 0 aliphatic heterocycles. The summed E-state index contributed by atoms with van der Waals surface area (Å²) in [6.07, 6.45) is 2.84. The van der Waals surface area contributed by atoms with Gasteiger partial charge in [-0.2, -0.15) is 0 Å². The summed E-state index contributed by atoms with van der Waals surface area (Å²) in [5, 5.41) is 0. The maximum Gasteiger partial charge on any atom is 0.119 e. The highest BCUT2D eigenvalue weighted by atomic mass is 16.5. The van der Waals surface area contributed by atoms with E-state index in [9.17, 15) is 0 Å². The quantitative estimate of drug-likeness (QED) is 0.812. The van der Waals surface area contributed by atoms with E-state index < -0.39 is 0 Å². The van der Waals surface area contributed by atoms with Gasteiger partial charge in [-0.25, -0.2) is 0 Å². The highest BCUT2D eigenvalue weighted by Gasteiger charge is 2.23.